The summed E-state index contributed by atoms with van der Waals surface area (Å²) in [5, 5.41) is 15.3. The molecule has 1 N–H and O–H groups in total. The highest BCUT2D eigenvalue weighted by Crippen LogP contribution is 2.31. The Hall–Kier alpha value is -2.94. The molecule has 0 saturated heterocycles. The van der Waals surface area contributed by atoms with Gasteiger partial charge in [-0.05, 0) is 49.4 Å². The minimum Gasteiger partial charge on any atom is -0.457 e. The molecule has 0 aliphatic rings. The fourth-order valence-electron chi connectivity index (χ4n) is 2.31. The summed E-state index contributed by atoms with van der Waals surface area (Å²) in [6.45, 7) is 1.91. The van der Waals surface area contributed by atoms with E-state index in [1.165, 1.54) is 0 Å². The van der Waals surface area contributed by atoms with Crippen LogP contribution in [-0.4, -0.2) is 26.6 Å². The molecule has 1 aromatic heterocycles. The molecule has 0 atom stereocenters. The van der Waals surface area contributed by atoms with E-state index in [2.05, 4.69) is 4.98 Å². The van der Waals surface area contributed by atoms with Crippen LogP contribution in [0.1, 0.15) is 12.5 Å². The van der Waals surface area contributed by atoms with Crippen LogP contribution in [0.15, 0.2) is 61.2 Å². The summed E-state index contributed by atoms with van der Waals surface area (Å²) in [6.07, 6.45) is 5.19. The number of nitrogens with zero attached hydrogens (tertiary/aromatic N) is 3. The van der Waals surface area contributed by atoms with Gasteiger partial charge in [0.05, 0.1) is 17.0 Å². The van der Waals surface area contributed by atoms with Gasteiger partial charge in [-0.25, -0.2) is 4.98 Å². The minimum absolute atomic E-state index is 0.00194. The summed E-state index contributed by atoms with van der Waals surface area (Å²) >= 11 is 18.2. The first kappa shape index (κ1) is 23.3. The quantitative estimate of drug-likeness (QED) is 0.208. The number of aromatic nitrogens is 2. The van der Waals surface area contributed by atoms with Crippen molar-refractivity contribution in [1.82, 2.24) is 9.55 Å². The molecule has 0 fully saturated rings. The Morgan fingerprint density at radius 1 is 1.17 bits per heavy atom. The average molecular weight is 473 g/mol. The predicted octanol–water partition coefficient (Wildman–Crippen LogP) is 5.89. The first-order valence-corrected chi connectivity index (χ1v) is 9.40. The van der Waals surface area contributed by atoms with Gasteiger partial charge in [-0.15, -0.1) is 10.1 Å². The molecule has 0 radical (unpaired) electrons. The smallest absolute Gasteiger partial charge is 0.291 e. The molecule has 1 heterocycles. The highest BCUT2D eigenvalue weighted by atomic mass is 35.5. The van der Waals surface area contributed by atoms with Gasteiger partial charge in [-0.3, -0.25) is 0 Å². The molecule has 0 saturated carbocycles. The zero-order valence-corrected chi connectivity index (χ0v) is 17.8. The van der Waals surface area contributed by atoms with Crippen LogP contribution < -0.4 is 4.74 Å². The fourth-order valence-corrected chi connectivity index (χ4v) is 2.93. The van der Waals surface area contributed by atoms with Crippen molar-refractivity contribution >= 4 is 46.3 Å². The van der Waals surface area contributed by atoms with Crippen LogP contribution in [0, 0.1) is 10.1 Å². The van der Waals surface area contributed by atoms with Gasteiger partial charge in [-0.2, -0.15) is 0 Å². The number of hydrogen-bond acceptors (Lipinski definition) is 5. The number of hydrogen-bond donors (Lipinski definition) is 1. The second kappa shape index (κ2) is 11.3. The van der Waals surface area contributed by atoms with Crippen molar-refractivity contribution in [2.24, 2.45) is 0 Å². The number of ether oxygens (including phenoxy) is 2. The summed E-state index contributed by atoms with van der Waals surface area (Å²) in [6, 6.07) is 12.3. The van der Waals surface area contributed by atoms with E-state index < -0.39 is 5.09 Å². The highest BCUT2D eigenvalue weighted by molar-refractivity contribution is 6.35. The molecular formula is C19H16Cl3N3O5. The Morgan fingerprint density at radius 2 is 1.80 bits per heavy atom. The molecular weight excluding hydrogens is 457 g/mol. The lowest BCUT2D eigenvalue weighted by atomic mass is 10.1. The van der Waals surface area contributed by atoms with Crippen molar-refractivity contribution in [1.29, 1.82) is 0 Å². The summed E-state index contributed by atoms with van der Waals surface area (Å²) < 4.78 is 13.4. The summed E-state index contributed by atoms with van der Waals surface area (Å²) in [5.74, 6) is 1.22. The maximum absolute atomic E-state index is 8.36. The topological polar surface area (TPSA) is 99.7 Å². The first-order chi connectivity index (χ1) is 14.3. The monoisotopic (exact) mass is 471 g/mol. The molecule has 3 aromatic rings. The summed E-state index contributed by atoms with van der Waals surface area (Å²) in [5.41, 5.74) is 1.52. The maximum atomic E-state index is 8.36. The van der Waals surface area contributed by atoms with Crippen molar-refractivity contribution < 1.29 is 19.8 Å². The third-order valence-electron chi connectivity index (χ3n) is 3.64. The molecule has 0 bridgehead atoms. The average Bonchev–Trinajstić information content (AvgIpc) is 3.21. The van der Waals surface area contributed by atoms with Gasteiger partial charge in [0.15, 0.2) is 5.76 Å². The zero-order chi connectivity index (χ0) is 22.1. The molecule has 0 amide bonds. The van der Waals surface area contributed by atoms with Gasteiger partial charge in [0.2, 0.25) is 6.79 Å². The Kier molecular flexibility index (Phi) is 8.79. The molecule has 11 heteroatoms. The van der Waals surface area contributed by atoms with E-state index in [1.807, 2.05) is 23.8 Å². The lowest BCUT2D eigenvalue weighted by Gasteiger charge is -2.17. The van der Waals surface area contributed by atoms with Crippen molar-refractivity contribution in [3.8, 4) is 5.75 Å². The van der Waals surface area contributed by atoms with E-state index in [-0.39, 0.29) is 6.79 Å². The standard InChI is InChI=1S/C19H15Cl3N2O2.HNO3/c1-13(24-9-8-23-11-24)19(17-7-4-15(21)10-18(17)22)26-12-25-16-5-2-14(20)3-6-16;2-1(3)4/h2-11H,12H2,1H3;(H,2,3,4)/b19-13-;. The lowest BCUT2D eigenvalue weighted by molar-refractivity contribution is -0.742. The van der Waals surface area contributed by atoms with Crippen LogP contribution in [0.3, 0.4) is 0 Å². The molecule has 30 heavy (non-hydrogen) atoms. The van der Waals surface area contributed by atoms with Crippen molar-refractivity contribution in [3.63, 3.8) is 0 Å². The van der Waals surface area contributed by atoms with E-state index in [0.717, 1.165) is 5.70 Å². The third-order valence-corrected chi connectivity index (χ3v) is 4.44. The lowest BCUT2D eigenvalue weighted by Crippen LogP contribution is -2.06. The van der Waals surface area contributed by atoms with Crippen LogP contribution >= 0.6 is 34.8 Å². The van der Waals surface area contributed by atoms with E-state index in [1.54, 1.807) is 48.9 Å². The second-order valence-corrected chi connectivity index (χ2v) is 6.89. The van der Waals surface area contributed by atoms with Crippen LogP contribution in [0.5, 0.6) is 5.75 Å². The zero-order valence-electron chi connectivity index (χ0n) is 15.5. The normalized spacial score (nSPS) is 11.1. The Balaban J connectivity index is 0.000000735. The number of allylic oxidation sites excluding steroid dienone is 1. The van der Waals surface area contributed by atoms with Crippen molar-refractivity contribution in [2.45, 2.75) is 6.92 Å². The molecule has 0 aliphatic carbocycles. The molecule has 2 aromatic carbocycles. The number of benzene rings is 2. The van der Waals surface area contributed by atoms with Gasteiger partial charge in [-0.1, -0.05) is 34.8 Å². The van der Waals surface area contributed by atoms with Crippen molar-refractivity contribution in [3.05, 3.63) is 91.9 Å². The highest BCUT2D eigenvalue weighted by Gasteiger charge is 2.14. The second-order valence-electron chi connectivity index (χ2n) is 5.61. The van der Waals surface area contributed by atoms with Crippen LogP contribution in [0.2, 0.25) is 15.1 Å². The largest absolute Gasteiger partial charge is 0.457 e. The fraction of sp³-hybridized carbons (Fsp3) is 0.105. The van der Waals surface area contributed by atoms with E-state index in [9.17, 15) is 0 Å². The maximum Gasteiger partial charge on any atom is 0.291 e. The summed E-state index contributed by atoms with van der Waals surface area (Å²) in [4.78, 5) is 12.4. The van der Waals surface area contributed by atoms with Crippen LogP contribution in [0.4, 0.5) is 0 Å². The number of imidazole rings is 1. The molecule has 0 spiro atoms. The number of halogens is 3. The Bertz CT molecular complexity index is 1000. The van der Waals surface area contributed by atoms with E-state index in [0.29, 0.717) is 32.1 Å². The van der Waals surface area contributed by atoms with Gasteiger partial charge < -0.3 is 19.2 Å². The molecule has 8 nitrogen and oxygen atoms in total. The van der Waals surface area contributed by atoms with Gasteiger partial charge >= 0.3 is 0 Å². The first-order valence-electron chi connectivity index (χ1n) is 8.27. The Labute approximate surface area is 186 Å². The minimum atomic E-state index is -1.50. The van der Waals surface area contributed by atoms with Crippen LogP contribution in [-0.2, 0) is 4.74 Å². The van der Waals surface area contributed by atoms with Gasteiger partial charge in [0.25, 0.3) is 5.09 Å². The van der Waals surface area contributed by atoms with Gasteiger partial charge in [0, 0.05) is 28.0 Å². The molecule has 3 rings (SSSR count). The molecule has 0 unspecified atom stereocenters. The van der Waals surface area contributed by atoms with Crippen molar-refractivity contribution in [2.75, 3.05) is 6.79 Å². The van der Waals surface area contributed by atoms with Gasteiger partial charge in [0.1, 0.15) is 5.75 Å². The predicted molar refractivity (Wildman–Crippen MR) is 114 cm³/mol. The van der Waals surface area contributed by atoms with E-state index >= 15 is 0 Å². The molecule has 158 valence electrons. The Morgan fingerprint density at radius 3 is 2.37 bits per heavy atom. The van der Waals surface area contributed by atoms with E-state index in [4.69, 9.17) is 59.6 Å². The summed E-state index contributed by atoms with van der Waals surface area (Å²) in [7, 11) is 0. The number of rotatable bonds is 6. The van der Waals surface area contributed by atoms with Crippen LogP contribution in [0.25, 0.3) is 11.5 Å². The SMILES string of the molecule is C/C(=C(/OCOc1ccc(Cl)cc1)c1ccc(Cl)cc1Cl)n1ccnc1.O=[N+]([O-])O. The third kappa shape index (κ3) is 7.14. The molecule has 0 aliphatic heterocycles.